The van der Waals surface area contributed by atoms with E-state index in [0.29, 0.717) is 33.7 Å². The lowest BCUT2D eigenvalue weighted by Gasteiger charge is -2.19. The maximum Gasteiger partial charge on any atom is 0.335 e. The highest BCUT2D eigenvalue weighted by atomic mass is 79.9. The molecule has 1 heterocycles. The van der Waals surface area contributed by atoms with E-state index in [4.69, 9.17) is 14.2 Å². The number of hydrogen-bond acceptors (Lipinski definition) is 8. The average molecular weight is 578 g/mol. The van der Waals surface area contributed by atoms with Crippen molar-refractivity contribution in [2.24, 2.45) is 0 Å². The van der Waals surface area contributed by atoms with Crippen LogP contribution in [0.4, 0.5) is 4.79 Å². The fourth-order valence-corrected chi connectivity index (χ4v) is 4.84. The standard InChI is InChI=1S/C25H24BrNO8S/c1-4-33-19-11-16(12-20-22(28)27(25(32)36-20)14(3)24(31)34-5-2)10-18(26)21(19)35-13-15-7-6-8-17(9-15)23(29)30/h6-12,14H,4-5,13H2,1-3H3,(H,29,30)/b20-12+/t14-/m0/s1. The van der Waals surface area contributed by atoms with Crippen LogP contribution in [-0.4, -0.2) is 52.3 Å². The van der Waals surface area contributed by atoms with Gasteiger partial charge in [-0.1, -0.05) is 12.1 Å². The Labute approximate surface area is 220 Å². The Hall–Kier alpha value is -3.31. The number of carbonyl (C=O) groups is 4. The number of esters is 1. The van der Waals surface area contributed by atoms with Gasteiger partial charge in [0.1, 0.15) is 12.6 Å². The van der Waals surface area contributed by atoms with Crippen LogP contribution >= 0.6 is 27.7 Å². The molecule has 9 nitrogen and oxygen atoms in total. The van der Waals surface area contributed by atoms with Gasteiger partial charge in [-0.2, -0.15) is 0 Å². The number of halogens is 1. The van der Waals surface area contributed by atoms with Crippen LogP contribution in [0.1, 0.15) is 42.3 Å². The van der Waals surface area contributed by atoms with Crippen LogP contribution < -0.4 is 9.47 Å². The van der Waals surface area contributed by atoms with Crippen molar-refractivity contribution in [3.05, 3.63) is 62.5 Å². The van der Waals surface area contributed by atoms with E-state index in [9.17, 15) is 24.3 Å². The smallest absolute Gasteiger partial charge is 0.335 e. The highest BCUT2D eigenvalue weighted by Crippen LogP contribution is 2.40. The third-order valence-corrected chi connectivity index (χ3v) is 6.50. The van der Waals surface area contributed by atoms with Crippen molar-refractivity contribution in [2.45, 2.75) is 33.4 Å². The van der Waals surface area contributed by atoms with E-state index in [1.807, 2.05) is 6.92 Å². The number of carboxylic acids is 1. The van der Waals surface area contributed by atoms with Crippen LogP contribution in [-0.2, 0) is 20.9 Å². The van der Waals surface area contributed by atoms with Crippen molar-refractivity contribution < 1.29 is 38.5 Å². The summed E-state index contributed by atoms with van der Waals surface area (Å²) in [5.41, 5.74) is 1.39. The Morgan fingerprint density at radius 3 is 2.56 bits per heavy atom. The summed E-state index contributed by atoms with van der Waals surface area (Å²) in [7, 11) is 0. The second-order valence-electron chi connectivity index (χ2n) is 7.54. The normalized spacial score (nSPS) is 15.2. The van der Waals surface area contributed by atoms with Gasteiger partial charge in [-0.05, 0) is 89.9 Å². The summed E-state index contributed by atoms with van der Waals surface area (Å²) in [5.74, 6) is -1.47. The first-order valence-corrected chi connectivity index (χ1v) is 12.6. The Morgan fingerprint density at radius 1 is 1.14 bits per heavy atom. The lowest BCUT2D eigenvalue weighted by Crippen LogP contribution is -2.42. The monoisotopic (exact) mass is 577 g/mol. The SMILES string of the molecule is CCOC(=O)[C@H](C)N1C(=O)S/C(=C/c2cc(Br)c(OCc3cccc(C(=O)O)c3)c(OCC)c2)C1=O. The molecule has 0 aliphatic carbocycles. The lowest BCUT2D eigenvalue weighted by molar-refractivity contribution is -0.150. The summed E-state index contributed by atoms with van der Waals surface area (Å²) in [6.45, 7) is 5.48. The molecule has 2 aromatic rings. The quantitative estimate of drug-likeness (QED) is 0.303. The average Bonchev–Trinajstić information content (AvgIpc) is 3.11. The Morgan fingerprint density at radius 2 is 1.89 bits per heavy atom. The first kappa shape index (κ1) is 27.3. The molecule has 190 valence electrons. The van der Waals surface area contributed by atoms with Gasteiger partial charge in [0.25, 0.3) is 11.1 Å². The van der Waals surface area contributed by atoms with E-state index in [1.54, 1.807) is 31.2 Å². The highest BCUT2D eigenvalue weighted by Gasteiger charge is 2.41. The van der Waals surface area contributed by atoms with Gasteiger partial charge < -0.3 is 19.3 Å². The van der Waals surface area contributed by atoms with E-state index >= 15 is 0 Å². The van der Waals surface area contributed by atoms with E-state index in [2.05, 4.69) is 15.9 Å². The summed E-state index contributed by atoms with van der Waals surface area (Å²) >= 11 is 4.20. The number of ether oxygens (including phenoxy) is 3. The number of rotatable bonds is 10. The van der Waals surface area contributed by atoms with Crippen molar-refractivity contribution in [3.8, 4) is 11.5 Å². The zero-order valence-corrected chi connectivity index (χ0v) is 22.2. The predicted molar refractivity (Wildman–Crippen MR) is 137 cm³/mol. The molecule has 0 unspecified atom stereocenters. The number of carbonyl (C=O) groups excluding carboxylic acids is 3. The first-order valence-electron chi connectivity index (χ1n) is 11.0. The first-order chi connectivity index (χ1) is 17.2. The molecule has 0 aromatic heterocycles. The van der Waals surface area contributed by atoms with Crippen molar-refractivity contribution in [1.82, 2.24) is 4.90 Å². The van der Waals surface area contributed by atoms with Crippen LogP contribution in [0.15, 0.2) is 45.8 Å². The van der Waals surface area contributed by atoms with E-state index in [-0.39, 0.29) is 23.7 Å². The van der Waals surface area contributed by atoms with E-state index in [1.165, 1.54) is 25.1 Å². The highest BCUT2D eigenvalue weighted by molar-refractivity contribution is 9.10. The van der Waals surface area contributed by atoms with Gasteiger partial charge in [0.2, 0.25) is 0 Å². The Balaban J connectivity index is 1.85. The second kappa shape index (κ2) is 12.1. The van der Waals surface area contributed by atoms with Crippen LogP contribution in [0, 0.1) is 0 Å². The number of imide groups is 1. The molecule has 1 N–H and O–H groups in total. The Bertz CT molecular complexity index is 1230. The summed E-state index contributed by atoms with van der Waals surface area (Å²) in [5, 5.41) is 8.63. The molecule has 36 heavy (non-hydrogen) atoms. The topological polar surface area (TPSA) is 119 Å². The van der Waals surface area contributed by atoms with Crippen LogP contribution in [0.3, 0.4) is 0 Å². The van der Waals surface area contributed by atoms with Gasteiger partial charge in [0.05, 0.1) is 28.2 Å². The molecular formula is C25H24BrNO8S. The summed E-state index contributed by atoms with van der Waals surface area (Å²) in [6, 6.07) is 8.75. The number of thioether (sulfide) groups is 1. The van der Waals surface area contributed by atoms with Crippen LogP contribution in [0.5, 0.6) is 11.5 Å². The molecule has 11 heteroatoms. The number of hydrogen-bond donors (Lipinski definition) is 1. The Kier molecular flexibility index (Phi) is 9.16. The molecule has 2 aromatic carbocycles. The summed E-state index contributed by atoms with van der Waals surface area (Å²) in [4.78, 5) is 49.6. The lowest BCUT2D eigenvalue weighted by atomic mass is 10.1. The molecular weight excluding hydrogens is 554 g/mol. The fraction of sp³-hybridized carbons (Fsp3) is 0.280. The van der Waals surface area contributed by atoms with Crippen molar-refractivity contribution in [1.29, 1.82) is 0 Å². The zero-order valence-electron chi connectivity index (χ0n) is 19.8. The van der Waals surface area contributed by atoms with Gasteiger partial charge in [0, 0.05) is 0 Å². The third-order valence-electron chi connectivity index (χ3n) is 5.03. The zero-order chi connectivity index (χ0) is 26.4. The predicted octanol–water partition coefficient (Wildman–Crippen LogP) is 5.11. The number of aromatic carboxylic acids is 1. The van der Waals surface area contributed by atoms with Crippen molar-refractivity contribution in [3.63, 3.8) is 0 Å². The van der Waals surface area contributed by atoms with Gasteiger partial charge in [-0.25, -0.2) is 9.59 Å². The maximum atomic E-state index is 12.9. The van der Waals surface area contributed by atoms with E-state index < -0.39 is 29.1 Å². The van der Waals surface area contributed by atoms with Gasteiger partial charge in [-0.15, -0.1) is 0 Å². The molecule has 0 radical (unpaired) electrons. The largest absolute Gasteiger partial charge is 0.490 e. The molecule has 0 saturated carbocycles. The summed E-state index contributed by atoms with van der Waals surface area (Å²) < 4.78 is 17.1. The maximum absolute atomic E-state index is 12.9. The molecule has 1 atom stereocenters. The third kappa shape index (κ3) is 6.27. The number of nitrogens with zero attached hydrogens (tertiary/aromatic N) is 1. The van der Waals surface area contributed by atoms with Gasteiger partial charge in [-0.3, -0.25) is 14.5 Å². The second-order valence-corrected chi connectivity index (χ2v) is 9.38. The van der Waals surface area contributed by atoms with Gasteiger partial charge in [0.15, 0.2) is 11.5 Å². The van der Waals surface area contributed by atoms with Crippen LogP contribution in [0.25, 0.3) is 6.08 Å². The molecule has 1 aliphatic heterocycles. The minimum atomic E-state index is -1.04. The number of benzene rings is 2. The number of amides is 2. The fourth-order valence-electron chi connectivity index (χ4n) is 3.36. The molecule has 0 bridgehead atoms. The van der Waals surface area contributed by atoms with E-state index in [0.717, 1.165) is 16.7 Å². The molecule has 1 fully saturated rings. The minimum Gasteiger partial charge on any atom is -0.490 e. The molecule has 1 aliphatic rings. The molecule has 1 saturated heterocycles. The minimum absolute atomic E-state index is 0.101. The summed E-state index contributed by atoms with van der Waals surface area (Å²) in [6.07, 6.45) is 1.54. The molecule has 2 amide bonds. The molecule has 0 spiro atoms. The van der Waals surface area contributed by atoms with Crippen LogP contribution in [0.2, 0.25) is 0 Å². The van der Waals surface area contributed by atoms with Crippen molar-refractivity contribution in [2.75, 3.05) is 13.2 Å². The van der Waals surface area contributed by atoms with Crippen molar-refractivity contribution >= 4 is 56.9 Å². The molecule has 3 rings (SSSR count). The van der Waals surface area contributed by atoms with Gasteiger partial charge >= 0.3 is 11.9 Å². The number of carboxylic acid groups (broad SMARTS) is 1.